The average molecular weight is 467 g/mol. The predicted molar refractivity (Wildman–Crippen MR) is 113 cm³/mol. The summed E-state index contributed by atoms with van der Waals surface area (Å²) in [7, 11) is 0. The number of aliphatic hydroxyl groups excluding tert-OH is 2. The minimum Gasteiger partial charge on any atom is -0.393 e. The van der Waals surface area contributed by atoms with Crippen LogP contribution in [-0.2, 0) is 0 Å². The first kappa shape index (κ1) is 20.8. The number of hydrogen-bond acceptors (Lipinski definition) is 4. The molecular formula is C20H21BrClN3O3. The third-order valence-corrected chi connectivity index (χ3v) is 5.81. The summed E-state index contributed by atoms with van der Waals surface area (Å²) in [6.07, 6.45) is 3.08. The molecular weight excluding hydrogens is 446 g/mol. The molecule has 6 nitrogen and oxygen atoms in total. The number of benzene rings is 1. The number of pyridine rings is 1. The summed E-state index contributed by atoms with van der Waals surface area (Å²) in [5.41, 5.74) is 3.87. The number of nitrogens with one attached hydrogen (secondary N) is 1. The first-order chi connectivity index (χ1) is 13.4. The van der Waals surface area contributed by atoms with Gasteiger partial charge in [-0.3, -0.25) is 4.98 Å². The highest BCUT2D eigenvalue weighted by Gasteiger charge is 2.20. The number of aromatic nitrogens is 1. The van der Waals surface area contributed by atoms with Crippen LogP contribution in [-0.4, -0.2) is 45.8 Å². The summed E-state index contributed by atoms with van der Waals surface area (Å²) in [5, 5.41) is 22.1. The van der Waals surface area contributed by atoms with Crippen LogP contribution in [0.25, 0.3) is 5.57 Å². The van der Waals surface area contributed by atoms with Gasteiger partial charge in [0, 0.05) is 35.0 Å². The Morgan fingerprint density at radius 3 is 2.82 bits per heavy atom. The highest BCUT2D eigenvalue weighted by Crippen LogP contribution is 2.29. The molecule has 28 heavy (non-hydrogen) atoms. The monoisotopic (exact) mass is 465 g/mol. The number of amides is 2. The molecule has 1 aromatic carbocycles. The molecule has 0 radical (unpaired) electrons. The van der Waals surface area contributed by atoms with Crippen molar-refractivity contribution >= 4 is 44.8 Å². The molecule has 3 rings (SSSR count). The molecule has 2 amide bonds. The summed E-state index contributed by atoms with van der Waals surface area (Å²) in [6.45, 7) is 2.58. The number of rotatable bonds is 4. The second-order valence-corrected chi connectivity index (χ2v) is 7.88. The Kier molecular flexibility index (Phi) is 6.72. The molecule has 1 atom stereocenters. The SMILES string of the molecule is Cc1cc(NC(=O)N2CC=C(c3ncc([C@H](O)CO)cc3Cl)CC2)ccc1Br. The topological polar surface area (TPSA) is 85.7 Å². The maximum atomic E-state index is 12.5. The van der Waals surface area contributed by atoms with E-state index in [4.69, 9.17) is 16.7 Å². The zero-order valence-corrected chi connectivity index (χ0v) is 17.7. The fourth-order valence-electron chi connectivity index (χ4n) is 2.97. The van der Waals surface area contributed by atoms with E-state index in [1.165, 1.54) is 6.20 Å². The third-order valence-electron chi connectivity index (χ3n) is 4.63. The van der Waals surface area contributed by atoms with E-state index in [0.29, 0.717) is 35.8 Å². The van der Waals surface area contributed by atoms with E-state index >= 15 is 0 Å². The Bertz CT molecular complexity index is 920. The van der Waals surface area contributed by atoms with Crippen molar-refractivity contribution in [3.63, 3.8) is 0 Å². The van der Waals surface area contributed by atoms with Gasteiger partial charge in [0.1, 0.15) is 6.10 Å². The molecule has 0 fully saturated rings. The predicted octanol–water partition coefficient (Wildman–Crippen LogP) is 4.15. The normalized spacial score (nSPS) is 15.2. The molecule has 2 aromatic rings. The quantitative estimate of drug-likeness (QED) is 0.632. The molecule has 1 aromatic heterocycles. The van der Waals surface area contributed by atoms with Gasteiger partial charge in [-0.15, -0.1) is 0 Å². The van der Waals surface area contributed by atoms with Gasteiger partial charge in [-0.1, -0.05) is 33.6 Å². The van der Waals surface area contributed by atoms with Gasteiger partial charge >= 0.3 is 6.03 Å². The Labute approximate surface area is 177 Å². The Morgan fingerprint density at radius 2 is 2.21 bits per heavy atom. The van der Waals surface area contributed by atoms with Crippen molar-refractivity contribution in [1.82, 2.24) is 9.88 Å². The average Bonchev–Trinajstić information content (AvgIpc) is 2.70. The van der Waals surface area contributed by atoms with Crippen LogP contribution < -0.4 is 5.32 Å². The molecule has 1 aliphatic heterocycles. The smallest absolute Gasteiger partial charge is 0.322 e. The van der Waals surface area contributed by atoms with Crippen LogP contribution >= 0.6 is 27.5 Å². The molecule has 0 saturated heterocycles. The Hall–Kier alpha value is -1.93. The first-order valence-electron chi connectivity index (χ1n) is 8.85. The largest absolute Gasteiger partial charge is 0.393 e. The van der Waals surface area contributed by atoms with E-state index in [-0.39, 0.29) is 12.6 Å². The zero-order valence-electron chi connectivity index (χ0n) is 15.3. The van der Waals surface area contributed by atoms with Gasteiger partial charge in [0.05, 0.1) is 17.3 Å². The van der Waals surface area contributed by atoms with Crippen molar-refractivity contribution in [2.75, 3.05) is 25.0 Å². The molecule has 0 aliphatic carbocycles. The van der Waals surface area contributed by atoms with Gasteiger partial charge in [-0.05, 0) is 48.7 Å². The molecule has 0 unspecified atom stereocenters. The second kappa shape index (κ2) is 9.05. The van der Waals surface area contributed by atoms with E-state index in [9.17, 15) is 9.90 Å². The first-order valence-corrected chi connectivity index (χ1v) is 10.0. The van der Waals surface area contributed by atoms with Crippen molar-refractivity contribution < 1.29 is 15.0 Å². The highest BCUT2D eigenvalue weighted by atomic mass is 79.9. The molecule has 0 spiro atoms. The van der Waals surface area contributed by atoms with Gasteiger partial charge in [-0.2, -0.15) is 0 Å². The van der Waals surface area contributed by atoms with Crippen LogP contribution in [0, 0.1) is 6.92 Å². The molecule has 1 aliphatic rings. The molecule has 148 valence electrons. The number of urea groups is 1. The molecule has 0 saturated carbocycles. The van der Waals surface area contributed by atoms with Gasteiger partial charge in [0.25, 0.3) is 0 Å². The minimum absolute atomic E-state index is 0.155. The number of carbonyl (C=O) groups excluding carboxylic acids is 1. The second-order valence-electron chi connectivity index (χ2n) is 6.62. The van der Waals surface area contributed by atoms with E-state index in [1.54, 1.807) is 11.0 Å². The number of nitrogens with zero attached hydrogens (tertiary/aromatic N) is 2. The molecule has 0 bridgehead atoms. The van der Waals surface area contributed by atoms with Crippen LogP contribution in [0.5, 0.6) is 0 Å². The van der Waals surface area contributed by atoms with E-state index in [2.05, 4.69) is 26.2 Å². The van der Waals surface area contributed by atoms with Crippen LogP contribution in [0.1, 0.15) is 29.3 Å². The minimum atomic E-state index is -0.999. The van der Waals surface area contributed by atoms with Gasteiger partial charge in [-0.25, -0.2) is 4.79 Å². The van der Waals surface area contributed by atoms with Crippen molar-refractivity contribution in [3.05, 3.63) is 62.9 Å². The van der Waals surface area contributed by atoms with Crippen LogP contribution in [0.4, 0.5) is 10.5 Å². The fraction of sp³-hybridized carbons (Fsp3) is 0.300. The maximum Gasteiger partial charge on any atom is 0.322 e. The van der Waals surface area contributed by atoms with E-state index < -0.39 is 6.10 Å². The fourth-order valence-corrected chi connectivity index (χ4v) is 3.51. The zero-order chi connectivity index (χ0) is 20.3. The van der Waals surface area contributed by atoms with Crippen LogP contribution in [0.3, 0.4) is 0 Å². The van der Waals surface area contributed by atoms with Crippen LogP contribution in [0.2, 0.25) is 5.02 Å². The number of hydrogen-bond donors (Lipinski definition) is 3. The number of anilines is 1. The van der Waals surface area contributed by atoms with Gasteiger partial charge in [0.2, 0.25) is 0 Å². The number of halogens is 2. The van der Waals surface area contributed by atoms with E-state index in [1.807, 2.05) is 31.2 Å². The lowest BCUT2D eigenvalue weighted by Gasteiger charge is -2.27. The summed E-state index contributed by atoms with van der Waals surface area (Å²) in [6, 6.07) is 7.13. The Balaban J connectivity index is 1.66. The lowest BCUT2D eigenvalue weighted by molar-refractivity contribution is 0.0953. The lowest BCUT2D eigenvalue weighted by Crippen LogP contribution is -2.38. The van der Waals surface area contributed by atoms with Gasteiger partial charge in [0.15, 0.2) is 0 Å². The molecule has 2 heterocycles. The van der Waals surface area contributed by atoms with Crippen molar-refractivity contribution in [1.29, 1.82) is 0 Å². The summed E-state index contributed by atoms with van der Waals surface area (Å²) < 4.78 is 0.998. The lowest BCUT2D eigenvalue weighted by atomic mass is 10.0. The summed E-state index contributed by atoms with van der Waals surface area (Å²) in [4.78, 5) is 18.6. The Morgan fingerprint density at radius 1 is 1.43 bits per heavy atom. The molecule has 8 heteroatoms. The van der Waals surface area contributed by atoms with Crippen molar-refractivity contribution in [3.8, 4) is 0 Å². The van der Waals surface area contributed by atoms with E-state index in [0.717, 1.165) is 21.3 Å². The standard InChI is InChI=1S/C20H21BrClN3O3/c1-12-8-15(2-3-16(12)21)24-20(28)25-6-4-13(5-7-25)19-17(22)9-14(10-23-19)18(27)11-26/h2-4,8-10,18,26-27H,5-7,11H2,1H3,(H,24,28)/t18-/m1/s1. The summed E-state index contributed by atoms with van der Waals surface area (Å²) >= 11 is 9.75. The number of carbonyl (C=O) groups is 1. The highest BCUT2D eigenvalue weighted by molar-refractivity contribution is 9.10. The van der Waals surface area contributed by atoms with Crippen molar-refractivity contribution in [2.24, 2.45) is 0 Å². The summed E-state index contributed by atoms with van der Waals surface area (Å²) in [5.74, 6) is 0. The number of aliphatic hydroxyl groups is 2. The molecule has 3 N–H and O–H groups in total. The number of aryl methyl sites for hydroxylation is 1. The maximum absolute atomic E-state index is 12.5. The van der Waals surface area contributed by atoms with Crippen LogP contribution in [0.15, 0.2) is 41.0 Å². The van der Waals surface area contributed by atoms with Gasteiger partial charge < -0.3 is 20.4 Å². The third kappa shape index (κ3) is 4.72. The van der Waals surface area contributed by atoms with Crippen molar-refractivity contribution in [2.45, 2.75) is 19.4 Å².